The Morgan fingerprint density at radius 1 is 0.756 bits per heavy atom. The Morgan fingerprint density at radius 3 is 1.92 bits per heavy atom. The summed E-state index contributed by atoms with van der Waals surface area (Å²) in [5.74, 6) is 0.575. The van der Waals surface area contributed by atoms with Crippen molar-refractivity contribution in [3.63, 3.8) is 0 Å². The van der Waals surface area contributed by atoms with E-state index in [4.69, 9.17) is 47.7 Å². The number of unbranched alkanes of at least 4 members (excludes halogenated alkanes) is 2. The maximum atomic E-state index is 13.2. The zero-order valence-corrected chi connectivity index (χ0v) is 50.3. The first-order valence-corrected chi connectivity index (χ1v) is 27.2. The molecule has 3 aliphatic rings. The average Bonchev–Trinajstić information content (AvgIpc) is 3.94. The molecule has 2 aliphatic carbocycles. The van der Waals surface area contributed by atoms with Gasteiger partial charge in [-0.05, 0) is 79.7 Å². The number of ketones is 1. The molecular weight excluding hydrogens is 1220 g/mol. The monoisotopic (exact) mass is 1300 g/mol. The quantitative estimate of drug-likeness (QED) is 0.0634. The van der Waals surface area contributed by atoms with E-state index < -0.39 is 12.1 Å². The number of carbonyl (C=O) groups is 3. The summed E-state index contributed by atoms with van der Waals surface area (Å²) in [6.45, 7) is 13.2. The number of fused-ring (bicyclic) bond motifs is 2. The molecule has 78 heavy (non-hydrogen) atoms. The Labute approximate surface area is 494 Å². The minimum absolute atomic E-state index is 0. The number of carbonyl (C=O) groups excluding carboxylic acids is 4. The Kier molecular flexibility index (Phi) is 33.8. The Hall–Kier alpha value is -4.43. The van der Waals surface area contributed by atoms with Gasteiger partial charge in [0.2, 0.25) is 0 Å². The van der Waals surface area contributed by atoms with Crippen LogP contribution in [0.1, 0.15) is 114 Å². The van der Waals surface area contributed by atoms with Crippen LogP contribution in [0.5, 0.6) is 0 Å². The van der Waals surface area contributed by atoms with E-state index in [9.17, 15) is 19.5 Å². The van der Waals surface area contributed by atoms with Gasteiger partial charge in [0.25, 0.3) is 0 Å². The molecule has 4 heterocycles. The molecule has 7 rings (SSSR count). The molecule has 0 spiro atoms. The Morgan fingerprint density at radius 2 is 1.36 bits per heavy atom. The van der Waals surface area contributed by atoms with Gasteiger partial charge in [-0.1, -0.05) is 69.5 Å². The summed E-state index contributed by atoms with van der Waals surface area (Å²) in [5, 5.41) is 23.4. The fraction of sp³-hybridized carbons (Fsp3) is 0.607. The van der Waals surface area contributed by atoms with E-state index in [-0.39, 0.29) is 67.7 Å². The van der Waals surface area contributed by atoms with E-state index in [1.165, 1.54) is 25.3 Å². The second-order valence-electron chi connectivity index (χ2n) is 18.9. The van der Waals surface area contributed by atoms with Gasteiger partial charge in [0, 0.05) is 108 Å². The number of aromatic nitrogens is 5. The molecule has 4 atom stereocenters. The van der Waals surface area contributed by atoms with Crippen LogP contribution in [0.15, 0.2) is 66.9 Å². The first kappa shape index (κ1) is 66.1. The molecule has 1 aromatic carbocycles. The molecule has 4 aromatic rings. The molecule has 1 saturated carbocycles. The molecule has 0 bridgehead atoms. The number of alkyl carbamates (subject to hydrolysis) is 1. The number of carboxylic acids is 1. The van der Waals surface area contributed by atoms with Crippen molar-refractivity contribution in [3.05, 3.63) is 106 Å². The minimum Gasteiger partial charge on any atom is -0.477 e. The van der Waals surface area contributed by atoms with Gasteiger partial charge in [-0.25, -0.2) is 14.6 Å². The normalized spacial score (nSPS) is 19.0. The molecule has 425 valence electrons. The summed E-state index contributed by atoms with van der Waals surface area (Å²) >= 11 is 0. The van der Waals surface area contributed by atoms with Crippen LogP contribution in [0, 0.1) is 61.8 Å². The van der Waals surface area contributed by atoms with Crippen molar-refractivity contribution in [2.24, 2.45) is 17.8 Å². The first-order chi connectivity index (χ1) is 37.8. The average molecular weight is 1300 g/mol. The predicted molar refractivity (Wildman–Crippen MR) is 282 cm³/mol. The summed E-state index contributed by atoms with van der Waals surface area (Å²) in [6, 6.07) is 18.5. The van der Waals surface area contributed by atoms with E-state index in [0.29, 0.717) is 167 Å². The number of aromatic amines is 1. The topological polar surface area (TPSA) is 256 Å². The van der Waals surface area contributed by atoms with E-state index in [1.54, 1.807) is 12.3 Å². The SMILES string of the molecule is CCCCC.O=C(NCCOCCOCCCC(=O)c1ccc(C(c2ccccn2)N2CCOCCOCCN(Cc3cccc(C(=O)O)n3)CCOCCOCC2)cc1)OCC1[C@H]2CCc3n[nH]nc3CC[C@@H]12.O=C=O.[225Ac]. The van der Waals surface area contributed by atoms with Crippen LogP contribution >= 0.6 is 0 Å². The van der Waals surface area contributed by atoms with Gasteiger partial charge in [0.1, 0.15) is 5.69 Å². The van der Waals surface area contributed by atoms with Crippen molar-refractivity contribution in [1.29, 1.82) is 0 Å². The molecule has 3 N–H and O–H groups in total. The van der Waals surface area contributed by atoms with Gasteiger partial charge >= 0.3 is 18.2 Å². The van der Waals surface area contributed by atoms with Gasteiger partial charge in [0.05, 0.1) is 108 Å². The van der Waals surface area contributed by atoms with Crippen LogP contribution in [0.2, 0.25) is 0 Å². The van der Waals surface area contributed by atoms with Crippen molar-refractivity contribution in [1.82, 2.24) is 40.5 Å². The second-order valence-corrected chi connectivity index (χ2v) is 18.9. The summed E-state index contributed by atoms with van der Waals surface area (Å²) in [5.41, 5.74) is 5.34. The van der Waals surface area contributed by atoms with Crippen LogP contribution < -0.4 is 5.32 Å². The van der Waals surface area contributed by atoms with Crippen LogP contribution in [-0.4, -0.2) is 183 Å². The van der Waals surface area contributed by atoms with E-state index in [1.807, 2.05) is 48.5 Å². The molecule has 1 radical (unpaired) electrons. The molecule has 21 nitrogen and oxygen atoms in total. The van der Waals surface area contributed by atoms with Crippen molar-refractivity contribution in [2.45, 2.75) is 84.2 Å². The number of nitrogens with zero attached hydrogens (tertiary/aromatic N) is 6. The standard InChI is InChI=1S/C50H68N8O11.C5H12.CO2.Ac/c59-47(8-4-23-63-29-30-64-24-18-52-50(62)69-36-42-40-13-15-43-44(55-56-54-43)16-14-41(40)42)37-9-11-38(12-10-37)48(45-6-1-2-17-51-45)58-21-27-67-33-31-65-25-19-57(20-26-66-32-34-68-28-22-58)35-39-5-3-7-46(53-39)49(60)61;1-3-5-4-2;2-1-3;/h1-3,5-7,9-12,17,40-42,48H,4,8,13-16,18-36H2,(H,52,62)(H,60,61)(H,54,55,56);3-5H2,1-2H3;;/t40-,41+,42?,48?;;;/i;;;1-2. The smallest absolute Gasteiger partial charge is 0.407 e. The summed E-state index contributed by atoms with van der Waals surface area (Å²) < 4.78 is 40.8. The number of hydrogen-bond donors (Lipinski definition) is 3. The predicted octanol–water partition coefficient (Wildman–Crippen LogP) is 6.04. The fourth-order valence-corrected chi connectivity index (χ4v) is 9.42. The number of benzene rings is 1. The van der Waals surface area contributed by atoms with Crippen LogP contribution in [0.3, 0.4) is 0 Å². The number of nitrogens with one attached hydrogen (secondary N) is 2. The summed E-state index contributed by atoms with van der Waals surface area (Å²) in [7, 11) is 0. The number of H-pyrrole nitrogens is 1. The molecule has 2 fully saturated rings. The third-order valence-corrected chi connectivity index (χ3v) is 13.5. The van der Waals surface area contributed by atoms with Crippen molar-refractivity contribution in [3.8, 4) is 0 Å². The van der Waals surface area contributed by atoms with E-state index >= 15 is 0 Å². The summed E-state index contributed by atoms with van der Waals surface area (Å²) in [6.07, 6.45) is 10.6. The number of aryl methyl sites for hydroxylation is 2. The number of rotatable bonds is 21. The van der Waals surface area contributed by atoms with Gasteiger partial charge in [0.15, 0.2) is 5.78 Å². The zero-order chi connectivity index (χ0) is 54.7. The molecule has 1 saturated heterocycles. The number of carboxylic acid groups (broad SMARTS) is 1. The van der Waals surface area contributed by atoms with Gasteiger partial charge < -0.3 is 43.6 Å². The molecule has 3 aromatic heterocycles. The largest absolute Gasteiger partial charge is 0.477 e. The summed E-state index contributed by atoms with van der Waals surface area (Å²) in [4.78, 5) is 66.6. The molecule has 1 aliphatic heterocycles. The zero-order valence-electron chi connectivity index (χ0n) is 45.6. The van der Waals surface area contributed by atoms with Crippen LogP contribution in [-0.2, 0) is 62.1 Å². The number of amides is 1. The van der Waals surface area contributed by atoms with E-state index in [0.717, 1.165) is 48.3 Å². The maximum absolute atomic E-state index is 13.2. The third kappa shape index (κ3) is 24.9. The first-order valence-electron chi connectivity index (χ1n) is 27.2. The Balaban J connectivity index is 0.00000136. The number of pyridine rings is 2. The van der Waals surface area contributed by atoms with Crippen LogP contribution in [0.4, 0.5) is 4.79 Å². The van der Waals surface area contributed by atoms with Crippen molar-refractivity contribution >= 4 is 24.0 Å². The number of aromatic carboxylic acids is 1. The van der Waals surface area contributed by atoms with Gasteiger partial charge in [-0.2, -0.15) is 25.0 Å². The van der Waals surface area contributed by atoms with Crippen molar-refractivity contribution in [2.75, 3.05) is 119 Å². The molecular formula is C56H80AcN8O13. The molecule has 2 unspecified atom stereocenters. The van der Waals surface area contributed by atoms with Gasteiger partial charge in [-0.15, -0.1) is 0 Å². The van der Waals surface area contributed by atoms with Crippen LogP contribution in [0.25, 0.3) is 0 Å². The fourth-order valence-electron chi connectivity index (χ4n) is 9.42. The second kappa shape index (κ2) is 39.9. The Bertz CT molecular complexity index is 2260. The number of hydrogen-bond acceptors (Lipinski definition) is 18. The van der Waals surface area contributed by atoms with Gasteiger partial charge in [-0.3, -0.25) is 19.6 Å². The van der Waals surface area contributed by atoms with Crippen molar-refractivity contribution < 1.29 is 106 Å². The molecule has 22 heteroatoms. The number of Topliss-reactive ketones (excluding diaryl/α,β-unsaturated/α-hetero) is 1. The minimum atomic E-state index is -1.06. The van der Waals surface area contributed by atoms with E-state index in [2.05, 4.69) is 49.4 Å². The molecule has 1 amide bonds. The maximum Gasteiger partial charge on any atom is 0.407 e. The number of ether oxygens (including phenoxy) is 7. The third-order valence-electron chi connectivity index (χ3n) is 13.5.